The molecule has 0 amide bonds. The fourth-order valence-corrected chi connectivity index (χ4v) is 4.29. The highest BCUT2D eigenvalue weighted by molar-refractivity contribution is 7.22. The van der Waals surface area contributed by atoms with Crippen LogP contribution in [0.15, 0.2) is 64.8 Å². The van der Waals surface area contributed by atoms with Gasteiger partial charge < -0.3 is 4.90 Å². The van der Waals surface area contributed by atoms with Gasteiger partial charge in [0.05, 0.1) is 25.9 Å². The molecule has 7 heteroatoms. The van der Waals surface area contributed by atoms with Crippen LogP contribution < -0.4 is 4.90 Å². The van der Waals surface area contributed by atoms with Crippen molar-refractivity contribution in [1.82, 2.24) is 4.98 Å². The standard InChI is InChI=1S/C23H20Cl2N4S/c1-14-4-6-16(7-5-14)13-29(3)17-8-9-20(15(2)10-17)27-28-23-26-21-11-18(24)19(25)12-22(21)30-23/h4-12H,13H2,1-3H3. The maximum Gasteiger partial charge on any atom is 0.231 e. The number of hydrogen-bond acceptors (Lipinski definition) is 5. The number of hydrogen-bond donors (Lipinski definition) is 0. The van der Waals surface area contributed by atoms with E-state index in [-0.39, 0.29) is 0 Å². The number of nitrogens with zero attached hydrogens (tertiary/aromatic N) is 4. The summed E-state index contributed by atoms with van der Waals surface area (Å²) in [4.78, 5) is 6.69. The van der Waals surface area contributed by atoms with Crippen molar-refractivity contribution in [2.24, 2.45) is 10.2 Å². The van der Waals surface area contributed by atoms with Crippen LogP contribution in [-0.4, -0.2) is 12.0 Å². The van der Waals surface area contributed by atoms with Crippen LogP contribution in [0, 0.1) is 13.8 Å². The summed E-state index contributed by atoms with van der Waals surface area (Å²) in [5.41, 5.74) is 6.33. The maximum atomic E-state index is 6.08. The first-order valence-corrected chi connectivity index (χ1v) is 11.0. The SMILES string of the molecule is Cc1ccc(CN(C)c2ccc(N=Nc3nc4cc(Cl)c(Cl)cc4s3)c(C)c2)cc1. The molecule has 0 saturated heterocycles. The molecule has 0 aliphatic heterocycles. The molecular weight excluding hydrogens is 435 g/mol. The van der Waals surface area contributed by atoms with Crippen LogP contribution >= 0.6 is 34.5 Å². The number of anilines is 1. The second-order valence-corrected chi connectivity index (χ2v) is 9.07. The van der Waals surface area contributed by atoms with Crippen LogP contribution in [0.25, 0.3) is 10.2 Å². The van der Waals surface area contributed by atoms with Crippen molar-refractivity contribution < 1.29 is 0 Å². The number of aryl methyl sites for hydroxylation is 2. The minimum absolute atomic E-state index is 0.485. The van der Waals surface area contributed by atoms with Crippen LogP contribution in [0.1, 0.15) is 16.7 Å². The van der Waals surface area contributed by atoms with Crippen LogP contribution in [0.3, 0.4) is 0 Å². The fraction of sp³-hybridized carbons (Fsp3) is 0.174. The summed E-state index contributed by atoms with van der Waals surface area (Å²) in [6.07, 6.45) is 0. The second kappa shape index (κ2) is 8.72. The van der Waals surface area contributed by atoms with Gasteiger partial charge in [-0.1, -0.05) is 64.4 Å². The lowest BCUT2D eigenvalue weighted by Gasteiger charge is -2.20. The Labute approximate surface area is 189 Å². The van der Waals surface area contributed by atoms with Crippen molar-refractivity contribution in [2.75, 3.05) is 11.9 Å². The Morgan fingerprint density at radius 1 is 0.933 bits per heavy atom. The number of thiazole rings is 1. The van der Waals surface area contributed by atoms with Gasteiger partial charge in [-0.05, 0) is 55.3 Å². The number of rotatable bonds is 5. The lowest BCUT2D eigenvalue weighted by molar-refractivity contribution is 0.921. The van der Waals surface area contributed by atoms with E-state index < -0.39 is 0 Å². The van der Waals surface area contributed by atoms with E-state index in [9.17, 15) is 0 Å². The molecular formula is C23H20Cl2N4S. The van der Waals surface area contributed by atoms with E-state index in [4.69, 9.17) is 23.2 Å². The zero-order valence-electron chi connectivity index (χ0n) is 16.9. The predicted octanol–water partition coefficient (Wildman–Crippen LogP) is 8.27. The first kappa shape index (κ1) is 20.8. The van der Waals surface area contributed by atoms with Gasteiger partial charge in [-0.15, -0.1) is 10.2 Å². The van der Waals surface area contributed by atoms with E-state index in [0.717, 1.165) is 33.7 Å². The summed E-state index contributed by atoms with van der Waals surface area (Å²) in [5, 5.41) is 10.3. The van der Waals surface area contributed by atoms with Gasteiger partial charge in [-0.2, -0.15) is 0 Å². The number of azo groups is 1. The van der Waals surface area contributed by atoms with Crippen LogP contribution in [-0.2, 0) is 6.54 Å². The molecule has 4 nitrogen and oxygen atoms in total. The van der Waals surface area contributed by atoms with E-state index in [1.54, 1.807) is 12.1 Å². The van der Waals surface area contributed by atoms with Crippen molar-refractivity contribution in [3.05, 3.63) is 81.3 Å². The largest absolute Gasteiger partial charge is 0.370 e. The summed E-state index contributed by atoms with van der Waals surface area (Å²) in [5.74, 6) is 0. The third-order valence-electron chi connectivity index (χ3n) is 4.82. The minimum atomic E-state index is 0.485. The summed E-state index contributed by atoms with van der Waals surface area (Å²) in [7, 11) is 2.09. The van der Waals surface area contributed by atoms with Gasteiger partial charge in [0.2, 0.25) is 5.13 Å². The van der Waals surface area contributed by atoms with E-state index in [1.807, 2.05) is 13.0 Å². The van der Waals surface area contributed by atoms with Gasteiger partial charge >= 0.3 is 0 Å². The fourth-order valence-electron chi connectivity index (χ4n) is 3.10. The molecule has 152 valence electrons. The highest BCUT2D eigenvalue weighted by Gasteiger charge is 2.08. The second-order valence-electron chi connectivity index (χ2n) is 7.24. The van der Waals surface area contributed by atoms with Gasteiger partial charge in [0.1, 0.15) is 0 Å². The van der Waals surface area contributed by atoms with Crippen LogP contribution in [0.2, 0.25) is 10.0 Å². The number of benzene rings is 3. The Kier molecular flexibility index (Phi) is 6.04. The average molecular weight is 455 g/mol. The topological polar surface area (TPSA) is 40.9 Å². The molecule has 0 atom stereocenters. The Balaban J connectivity index is 1.50. The molecule has 0 unspecified atom stereocenters. The zero-order chi connectivity index (χ0) is 21.3. The van der Waals surface area contributed by atoms with Crippen LogP contribution in [0.5, 0.6) is 0 Å². The first-order chi connectivity index (χ1) is 14.4. The van der Waals surface area contributed by atoms with Gasteiger partial charge in [0, 0.05) is 19.3 Å². The predicted molar refractivity (Wildman–Crippen MR) is 128 cm³/mol. The Hall–Kier alpha value is -2.47. The van der Waals surface area contributed by atoms with Gasteiger partial charge in [0.25, 0.3) is 0 Å². The Morgan fingerprint density at radius 3 is 2.40 bits per heavy atom. The summed E-state index contributed by atoms with van der Waals surface area (Å²) in [6.45, 7) is 4.98. The molecule has 0 fully saturated rings. The molecule has 4 aromatic rings. The third kappa shape index (κ3) is 4.64. The lowest BCUT2D eigenvalue weighted by atomic mass is 10.1. The molecule has 0 aliphatic carbocycles. The van der Waals surface area contributed by atoms with E-state index in [1.165, 1.54) is 22.5 Å². The van der Waals surface area contributed by atoms with Crippen molar-refractivity contribution in [1.29, 1.82) is 0 Å². The maximum absolute atomic E-state index is 6.08. The van der Waals surface area contributed by atoms with Crippen LogP contribution in [0.4, 0.5) is 16.5 Å². The van der Waals surface area contributed by atoms with E-state index >= 15 is 0 Å². The first-order valence-electron chi connectivity index (χ1n) is 9.44. The molecule has 1 heterocycles. The van der Waals surface area contributed by atoms with Crippen molar-refractivity contribution in [3.8, 4) is 0 Å². The normalized spacial score (nSPS) is 11.5. The summed E-state index contributed by atoms with van der Waals surface area (Å²) in [6, 6.07) is 18.3. The van der Waals surface area contributed by atoms with Crippen molar-refractivity contribution >= 4 is 61.3 Å². The van der Waals surface area contributed by atoms with E-state index in [2.05, 4.69) is 70.5 Å². The zero-order valence-corrected chi connectivity index (χ0v) is 19.2. The summed E-state index contributed by atoms with van der Waals surface area (Å²) >= 11 is 13.6. The third-order valence-corrected chi connectivity index (χ3v) is 6.45. The summed E-state index contributed by atoms with van der Waals surface area (Å²) < 4.78 is 0.933. The van der Waals surface area contributed by atoms with Crippen molar-refractivity contribution in [3.63, 3.8) is 0 Å². The molecule has 30 heavy (non-hydrogen) atoms. The smallest absolute Gasteiger partial charge is 0.231 e. The number of fused-ring (bicyclic) bond motifs is 1. The number of halogens is 2. The lowest BCUT2D eigenvalue weighted by Crippen LogP contribution is -2.16. The molecule has 0 saturated carbocycles. The minimum Gasteiger partial charge on any atom is -0.370 e. The highest BCUT2D eigenvalue weighted by atomic mass is 35.5. The Bertz CT molecular complexity index is 1190. The average Bonchev–Trinajstić information content (AvgIpc) is 3.10. The quantitative estimate of drug-likeness (QED) is 0.284. The molecule has 0 radical (unpaired) electrons. The molecule has 0 bridgehead atoms. The molecule has 0 spiro atoms. The molecule has 1 aromatic heterocycles. The van der Waals surface area contributed by atoms with Crippen molar-refractivity contribution in [2.45, 2.75) is 20.4 Å². The number of aromatic nitrogens is 1. The van der Waals surface area contributed by atoms with Gasteiger partial charge in [0.15, 0.2) is 0 Å². The molecule has 0 aliphatic rings. The van der Waals surface area contributed by atoms with E-state index in [0.29, 0.717) is 15.2 Å². The van der Waals surface area contributed by atoms with Gasteiger partial charge in [-0.3, -0.25) is 0 Å². The molecule has 3 aromatic carbocycles. The molecule has 4 rings (SSSR count). The molecule has 0 N–H and O–H groups in total. The van der Waals surface area contributed by atoms with Gasteiger partial charge in [-0.25, -0.2) is 4.98 Å². The highest BCUT2D eigenvalue weighted by Crippen LogP contribution is 2.35. The Morgan fingerprint density at radius 2 is 1.67 bits per heavy atom. The monoisotopic (exact) mass is 454 g/mol.